The number of carbonyl (C=O) groups excluding carboxylic acids is 2. The molecule has 2 atom stereocenters. The van der Waals surface area contributed by atoms with Crippen molar-refractivity contribution in [2.45, 2.75) is 39.0 Å². The molecule has 0 radical (unpaired) electrons. The van der Waals surface area contributed by atoms with E-state index in [-0.39, 0.29) is 17.3 Å². The van der Waals surface area contributed by atoms with Crippen molar-refractivity contribution in [3.05, 3.63) is 59.2 Å². The fraction of sp³-hybridized carbons (Fsp3) is 0.417. The molecule has 3 rings (SSSR count). The molecular weight excluding hydrogens is 426 g/mol. The van der Waals surface area contributed by atoms with Gasteiger partial charge in [0.15, 0.2) is 0 Å². The number of piperidine rings is 1. The van der Waals surface area contributed by atoms with Crippen molar-refractivity contribution in [2.75, 3.05) is 25.0 Å². The van der Waals surface area contributed by atoms with Gasteiger partial charge < -0.3 is 10.6 Å². The van der Waals surface area contributed by atoms with E-state index in [0.29, 0.717) is 36.2 Å². The van der Waals surface area contributed by atoms with Crippen LogP contribution in [0.1, 0.15) is 41.8 Å². The Morgan fingerprint density at radius 2 is 1.62 bits per heavy atom. The van der Waals surface area contributed by atoms with E-state index in [2.05, 4.69) is 24.5 Å². The van der Waals surface area contributed by atoms with Crippen LogP contribution >= 0.6 is 0 Å². The normalized spacial score (nSPS) is 19.4. The molecule has 2 aromatic rings. The zero-order valence-electron chi connectivity index (χ0n) is 19.0. The minimum atomic E-state index is -3.60. The molecule has 2 N–H and O–H groups in total. The number of amides is 2. The van der Waals surface area contributed by atoms with Gasteiger partial charge in [-0.15, -0.1) is 0 Å². The van der Waals surface area contributed by atoms with Gasteiger partial charge in [-0.1, -0.05) is 26.0 Å². The van der Waals surface area contributed by atoms with Crippen molar-refractivity contribution in [1.82, 2.24) is 9.62 Å². The Morgan fingerprint density at radius 1 is 1.00 bits per heavy atom. The monoisotopic (exact) mass is 457 g/mol. The first kappa shape index (κ1) is 23.9. The van der Waals surface area contributed by atoms with Crippen molar-refractivity contribution in [2.24, 2.45) is 11.8 Å². The second-order valence-corrected chi connectivity index (χ2v) is 10.7. The average Bonchev–Trinajstić information content (AvgIpc) is 2.74. The van der Waals surface area contributed by atoms with Gasteiger partial charge in [-0.2, -0.15) is 4.31 Å². The number of sulfonamides is 1. The maximum absolute atomic E-state index is 13.0. The first-order valence-corrected chi connectivity index (χ1v) is 12.3. The molecule has 32 heavy (non-hydrogen) atoms. The zero-order valence-corrected chi connectivity index (χ0v) is 19.8. The summed E-state index contributed by atoms with van der Waals surface area (Å²) in [6.45, 7) is 8.82. The first-order valence-electron chi connectivity index (χ1n) is 10.8. The van der Waals surface area contributed by atoms with Gasteiger partial charge in [-0.3, -0.25) is 9.59 Å². The first-order chi connectivity index (χ1) is 15.1. The van der Waals surface area contributed by atoms with Crippen LogP contribution in [0.15, 0.2) is 47.4 Å². The minimum absolute atomic E-state index is 0.169. The Balaban J connectivity index is 1.60. The third-order valence-corrected chi connectivity index (χ3v) is 7.72. The van der Waals surface area contributed by atoms with E-state index < -0.39 is 15.9 Å². The molecule has 2 aromatic carbocycles. The standard InChI is InChI=1S/C24H31N3O4S/c1-16-12-17(2)15-27(14-16)32(30,31)21-10-8-20(9-11-21)24(29)25-13-23(28)26-22-7-5-6-18(3)19(22)4/h5-11,16-17H,12-15H2,1-4H3,(H,25,29)(H,26,28)/t16-,17-/m1/s1. The van der Waals surface area contributed by atoms with Crippen LogP contribution in [0.4, 0.5) is 5.69 Å². The fourth-order valence-corrected chi connectivity index (χ4v) is 5.75. The summed E-state index contributed by atoms with van der Waals surface area (Å²) in [4.78, 5) is 24.8. The molecule has 0 unspecified atom stereocenters. The SMILES string of the molecule is Cc1cccc(NC(=O)CNC(=O)c2ccc(S(=O)(=O)N3C[C@H](C)C[C@@H](C)C3)cc2)c1C. The Bertz CT molecular complexity index is 1090. The van der Waals surface area contributed by atoms with Gasteiger partial charge in [0.2, 0.25) is 15.9 Å². The number of benzene rings is 2. The second-order valence-electron chi connectivity index (χ2n) is 8.77. The molecule has 0 saturated carbocycles. The highest BCUT2D eigenvalue weighted by molar-refractivity contribution is 7.89. The molecule has 172 valence electrons. The van der Waals surface area contributed by atoms with E-state index in [1.807, 2.05) is 32.0 Å². The topological polar surface area (TPSA) is 95.6 Å². The largest absolute Gasteiger partial charge is 0.343 e. The van der Waals surface area contributed by atoms with Crippen LogP contribution in [0.5, 0.6) is 0 Å². The predicted molar refractivity (Wildman–Crippen MR) is 125 cm³/mol. The van der Waals surface area contributed by atoms with Crippen LogP contribution in [0.3, 0.4) is 0 Å². The number of nitrogens with zero attached hydrogens (tertiary/aromatic N) is 1. The van der Waals surface area contributed by atoms with Crippen LogP contribution in [-0.2, 0) is 14.8 Å². The molecular formula is C24H31N3O4S. The predicted octanol–water partition coefficient (Wildman–Crippen LogP) is 3.34. The fourth-order valence-electron chi connectivity index (χ4n) is 4.07. The van der Waals surface area contributed by atoms with Gasteiger partial charge in [-0.05, 0) is 73.6 Å². The van der Waals surface area contributed by atoms with Crippen LogP contribution in [0, 0.1) is 25.7 Å². The van der Waals surface area contributed by atoms with Crippen LogP contribution < -0.4 is 10.6 Å². The molecule has 2 amide bonds. The highest BCUT2D eigenvalue weighted by Gasteiger charge is 2.31. The summed E-state index contributed by atoms with van der Waals surface area (Å²) in [5.41, 5.74) is 3.04. The zero-order chi connectivity index (χ0) is 23.5. The summed E-state index contributed by atoms with van der Waals surface area (Å²) in [6.07, 6.45) is 1.02. The molecule has 0 aromatic heterocycles. The second kappa shape index (κ2) is 9.83. The molecule has 1 aliphatic heterocycles. The van der Waals surface area contributed by atoms with E-state index in [1.54, 1.807) is 0 Å². The minimum Gasteiger partial charge on any atom is -0.343 e. The van der Waals surface area contributed by atoms with Gasteiger partial charge >= 0.3 is 0 Å². The number of aryl methyl sites for hydroxylation is 1. The lowest BCUT2D eigenvalue weighted by Crippen LogP contribution is -2.42. The van der Waals surface area contributed by atoms with E-state index in [9.17, 15) is 18.0 Å². The Hall–Kier alpha value is -2.71. The number of nitrogens with one attached hydrogen (secondary N) is 2. The van der Waals surface area contributed by atoms with Crippen molar-refractivity contribution in [1.29, 1.82) is 0 Å². The molecule has 0 aliphatic carbocycles. The molecule has 7 nitrogen and oxygen atoms in total. The van der Waals surface area contributed by atoms with Gasteiger partial charge in [0.25, 0.3) is 5.91 Å². The van der Waals surface area contributed by atoms with E-state index in [4.69, 9.17) is 0 Å². The Kier molecular flexibility index (Phi) is 7.36. The number of hydrogen-bond acceptors (Lipinski definition) is 4. The van der Waals surface area contributed by atoms with E-state index in [0.717, 1.165) is 17.5 Å². The van der Waals surface area contributed by atoms with Crippen molar-refractivity contribution in [3.63, 3.8) is 0 Å². The van der Waals surface area contributed by atoms with Crippen molar-refractivity contribution >= 4 is 27.5 Å². The summed E-state index contributed by atoms with van der Waals surface area (Å²) in [6, 6.07) is 11.5. The van der Waals surface area contributed by atoms with E-state index in [1.165, 1.54) is 28.6 Å². The van der Waals surface area contributed by atoms with Gasteiger partial charge in [0, 0.05) is 24.3 Å². The molecule has 1 fully saturated rings. The number of carbonyl (C=O) groups is 2. The number of hydrogen-bond donors (Lipinski definition) is 2. The number of rotatable bonds is 6. The average molecular weight is 458 g/mol. The highest BCUT2D eigenvalue weighted by Crippen LogP contribution is 2.26. The lowest BCUT2D eigenvalue weighted by molar-refractivity contribution is -0.115. The lowest BCUT2D eigenvalue weighted by atomic mass is 9.94. The van der Waals surface area contributed by atoms with Crippen molar-refractivity contribution < 1.29 is 18.0 Å². The quantitative estimate of drug-likeness (QED) is 0.695. The third-order valence-electron chi connectivity index (χ3n) is 5.88. The maximum atomic E-state index is 13.0. The maximum Gasteiger partial charge on any atom is 0.251 e. The molecule has 8 heteroatoms. The summed E-state index contributed by atoms with van der Waals surface area (Å²) in [7, 11) is -3.60. The summed E-state index contributed by atoms with van der Waals surface area (Å²) >= 11 is 0. The summed E-state index contributed by atoms with van der Waals surface area (Å²) in [5.74, 6) is -0.147. The highest BCUT2D eigenvalue weighted by atomic mass is 32.2. The third kappa shape index (κ3) is 5.55. The molecule has 0 spiro atoms. The van der Waals surface area contributed by atoms with Gasteiger partial charge in [-0.25, -0.2) is 8.42 Å². The molecule has 1 aliphatic rings. The van der Waals surface area contributed by atoms with Gasteiger partial charge in [0.05, 0.1) is 11.4 Å². The molecule has 1 heterocycles. The molecule has 1 saturated heterocycles. The van der Waals surface area contributed by atoms with Crippen molar-refractivity contribution in [3.8, 4) is 0 Å². The van der Waals surface area contributed by atoms with Crippen LogP contribution in [-0.4, -0.2) is 44.2 Å². The Morgan fingerprint density at radius 3 is 2.25 bits per heavy atom. The van der Waals surface area contributed by atoms with Gasteiger partial charge in [0.1, 0.15) is 0 Å². The summed E-state index contributed by atoms with van der Waals surface area (Å²) < 4.78 is 27.5. The van der Waals surface area contributed by atoms with Crippen LogP contribution in [0.2, 0.25) is 0 Å². The molecule has 0 bridgehead atoms. The van der Waals surface area contributed by atoms with Crippen LogP contribution in [0.25, 0.3) is 0 Å². The smallest absolute Gasteiger partial charge is 0.251 e. The Labute approximate surface area is 190 Å². The lowest BCUT2D eigenvalue weighted by Gasteiger charge is -2.34. The number of anilines is 1. The van der Waals surface area contributed by atoms with E-state index >= 15 is 0 Å². The summed E-state index contributed by atoms with van der Waals surface area (Å²) in [5, 5.41) is 5.37.